The summed E-state index contributed by atoms with van der Waals surface area (Å²) in [5.41, 5.74) is 1.12. The molecule has 0 aliphatic rings. The lowest BCUT2D eigenvalue weighted by atomic mass is 10.3. The predicted octanol–water partition coefficient (Wildman–Crippen LogP) is 0.854. The van der Waals surface area contributed by atoms with Crippen LogP contribution >= 0.6 is 0 Å². The van der Waals surface area contributed by atoms with Gasteiger partial charge in [0, 0.05) is 31.1 Å². The van der Waals surface area contributed by atoms with Crippen molar-refractivity contribution >= 4 is 5.82 Å². The standard InChI is InChI=1S/C9H11N5/c1(8-5-11-7-13-8)4-12-9-2-3-10-6-14-9/h2-3,5-7H,1,4H2,(H,11,13)(H,10,12,14). The van der Waals surface area contributed by atoms with Gasteiger partial charge in [0.2, 0.25) is 0 Å². The van der Waals surface area contributed by atoms with Gasteiger partial charge in [-0.2, -0.15) is 0 Å². The van der Waals surface area contributed by atoms with Gasteiger partial charge >= 0.3 is 0 Å². The van der Waals surface area contributed by atoms with Crippen molar-refractivity contribution in [3.8, 4) is 0 Å². The van der Waals surface area contributed by atoms with Gasteiger partial charge in [-0.3, -0.25) is 0 Å². The molecule has 2 aromatic heterocycles. The number of nitrogens with zero attached hydrogens (tertiary/aromatic N) is 3. The Labute approximate surface area is 81.6 Å². The average molecular weight is 189 g/mol. The molecule has 0 unspecified atom stereocenters. The van der Waals surface area contributed by atoms with Gasteiger partial charge in [0.1, 0.15) is 12.1 Å². The van der Waals surface area contributed by atoms with Crippen molar-refractivity contribution in [1.29, 1.82) is 0 Å². The fraction of sp³-hybridized carbons (Fsp3) is 0.222. The molecule has 5 nitrogen and oxygen atoms in total. The van der Waals surface area contributed by atoms with E-state index < -0.39 is 0 Å². The van der Waals surface area contributed by atoms with Gasteiger partial charge in [-0.25, -0.2) is 15.0 Å². The topological polar surface area (TPSA) is 66.5 Å². The second-order valence-electron chi connectivity index (χ2n) is 2.85. The maximum atomic E-state index is 4.05. The van der Waals surface area contributed by atoms with E-state index >= 15 is 0 Å². The minimum absolute atomic E-state index is 0.833. The second kappa shape index (κ2) is 4.36. The number of aromatic nitrogens is 4. The normalized spacial score (nSPS) is 10.0. The molecule has 72 valence electrons. The van der Waals surface area contributed by atoms with Gasteiger partial charge in [-0.1, -0.05) is 0 Å². The van der Waals surface area contributed by atoms with Crippen LogP contribution in [-0.4, -0.2) is 26.5 Å². The summed E-state index contributed by atoms with van der Waals surface area (Å²) < 4.78 is 0. The summed E-state index contributed by atoms with van der Waals surface area (Å²) in [5.74, 6) is 0.847. The van der Waals surface area contributed by atoms with Crippen LogP contribution in [0.25, 0.3) is 0 Å². The summed E-state index contributed by atoms with van der Waals surface area (Å²) in [6.45, 7) is 0.833. The third kappa shape index (κ3) is 2.29. The fourth-order valence-corrected chi connectivity index (χ4v) is 1.14. The summed E-state index contributed by atoms with van der Waals surface area (Å²) in [6, 6.07) is 1.84. The lowest BCUT2D eigenvalue weighted by Gasteiger charge is -2.02. The Hall–Kier alpha value is -1.91. The lowest BCUT2D eigenvalue weighted by molar-refractivity contribution is 0.964. The number of hydrogen-bond donors (Lipinski definition) is 2. The van der Waals surface area contributed by atoms with Crippen LogP contribution in [0, 0.1) is 0 Å². The van der Waals surface area contributed by atoms with Gasteiger partial charge in [-0.05, 0) is 6.07 Å². The molecular weight excluding hydrogens is 178 g/mol. The first-order valence-electron chi connectivity index (χ1n) is 4.42. The van der Waals surface area contributed by atoms with Crippen molar-refractivity contribution in [2.75, 3.05) is 11.9 Å². The summed E-state index contributed by atoms with van der Waals surface area (Å²) >= 11 is 0. The molecule has 2 rings (SSSR count). The predicted molar refractivity (Wildman–Crippen MR) is 52.8 cm³/mol. The Bertz CT molecular complexity index is 356. The van der Waals surface area contributed by atoms with E-state index in [2.05, 4.69) is 25.3 Å². The molecule has 0 radical (unpaired) electrons. The maximum absolute atomic E-state index is 4.05. The molecule has 0 spiro atoms. The summed E-state index contributed by atoms with van der Waals surface area (Å²) in [4.78, 5) is 14.9. The average Bonchev–Trinajstić information content (AvgIpc) is 2.72. The molecule has 2 aromatic rings. The van der Waals surface area contributed by atoms with Crippen LogP contribution in [0.5, 0.6) is 0 Å². The maximum Gasteiger partial charge on any atom is 0.129 e. The molecule has 0 saturated carbocycles. The monoisotopic (exact) mass is 189 g/mol. The van der Waals surface area contributed by atoms with Crippen LogP contribution in [0.3, 0.4) is 0 Å². The van der Waals surface area contributed by atoms with Crippen LogP contribution in [0.15, 0.2) is 31.1 Å². The Morgan fingerprint density at radius 3 is 3.07 bits per heavy atom. The first kappa shape index (κ1) is 8.68. The highest BCUT2D eigenvalue weighted by Crippen LogP contribution is 1.98. The SMILES string of the molecule is c1cc(NCCc2cnc[nH]2)ncn1. The zero-order valence-corrected chi connectivity index (χ0v) is 7.64. The Balaban J connectivity index is 1.79. The summed E-state index contributed by atoms with van der Waals surface area (Å²) in [7, 11) is 0. The van der Waals surface area contributed by atoms with Crippen molar-refractivity contribution in [3.05, 3.63) is 36.8 Å². The largest absolute Gasteiger partial charge is 0.370 e. The van der Waals surface area contributed by atoms with E-state index in [-0.39, 0.29) is 0 Å². The van der Waals surface area contributed by atoms with Gasteiger partial charge in [0.05, 0.1) is 6.33 Å². The first-order chi connectivity index (χ1) is 6.95. The van der Waals surface area contributed by atoms with Gasteiger partial charge in [-0.15, -0.1) is 0 Å². The van der Waals surface area contributed by atoms with Gasteiger partial charge in [0.15, 0.2) is 0 Å². The molecule has 0 atom stereocenters. The minimum atomic E-state index is 0.833. The number of nitrogens with one attached hydrogen (secondary N) is 2. The molecule has 0 aliphatic heterocycles. The molecule has 2 N–H and O–H groups in total. The molecule has 0 aliphatic carbocycles. The third-order valence-electron chi connectivity index (χ3n) is 1.84. The van der Waals surface area contributed by atoms with Crippen LogP contribution in [0.2, 0.25) is 0 Å². The summed E-state index contributed by atoms with van der Waals surface area (Å²) in [6.07, 6.45) is 7.65. The van der Waals surface area contributed by atoms with E-state index in [4.69, 9.17) is 0 Å². The van der Waals surface area contributed by atoms with Gasteiger partial charge < -0.3 is 10.3 Å². The van der Waals surface area contributed by atoms with E-state index in [1.54, 1.807) is 12.5 Å². The van der Waals surface area contributed by atoms with Crippen molar-refractivity contribution in [1.82, 2.24) is 19.9 Å². The van der Waals surface area contributed by atoms with E-state index in [0.29, 0.717) is 0 Å². The molecule has 0 bridgehead atoms. The highest BCUT2D eigenvalue weighted by atomic mass is 15.0. The van der Waals surface area contributed by atoms with Crippen LogP contribution in [0.4, 0.5) is 5.82 Å². The zero-order chi connectivity index (χ0) is 9.64. The van der Waals surface area contributed by atoms with Crippen LogP contribution < -0.4 is 5.32 Å². The van der Waals surface area contributed by atoms with Crippen molar-refractivity contribution in [2.24, 2.45) is 0 Å². The van der Waals surface area contributed by atoms with E-state index in [0.717, 1.165) is 24.5 Å². The summed E-state index contributed by atoms with van der Waals surface area (Å²) in [5, 5.41) is 3.18. The highest BCUT2D eigenvalue weighted by Gasteiger charge is 1.94. The fourth-order valence-electron chi connectivity index (χ4n) is 1.14. The van der Waals surface area contributed by atoms with Gasteiger partial charge in [0.25, 0.3) is 0 Å². The highest BCUT2D eigenvalue weighted by molar-refractivity contribution is 5.31. The van der Waals surface area contributed by atoms with Crippen molar-refractivity contribution < 1.29 is 0 Å². The number of H-pyrrole nitrogens is 1. The Morgan fingerprint density at radius 1 is 1.36 bits per heavy atom. The smallest absolute Gasteiger partial charge is 0.129 e. The quantitative estimate of drug-likeness (QED) is 0.748. The minimum Gasteiger partial charge on any atom is -0.370 e. The Morgan fingerprint density at radius 2 is 2.36 bits per heavy atom. The molecule has 5 heteroatoms. The molecule has 0 amide bonds. The molecule has 14 heavy (non-hydrogen) atoms. The van der Waals surface area contributed by atoms with E-state index in [1.165, 1.54) is 6.33 Å². The number of rotatable bonds is 4. The number of anilines is 1. The number of imidazole rings is 1. The molecule has 0 saturated heterocycles. The molecule has 0 aromatic carbocycles. The first-order valence-corrected chi connectivity index (χ1v) is 4.42. The molecule has 2 heterocycles. The van der Waals surface area contributed by atoms with Crippen LogP contribution in [0.1, 0.15) is 5.69 Å². The van der Waals surface area contributed by atoms with Crippen LogP contribution in [-0.2, 0) is 6.42 Å². The molecular formula is C9H11N5. The van der Waals surface area contributed by atoms with Crippen molar-refractivity contribution in [3.63, 3.8) is 0 Å². The van der Waals surface area contributed by atoms with E-state index in [1.807, 2.05) is 12.3 Å². The lowest BCUT2D eigenvalue weighted by Crippen LogP contribution is -2.06. The van der Waals surface area contributed by atoms with E-state index in [9.17, 15) is 0 Å². The number of aromatic amines is 1. The van der Waals surface area contributed by atoms with Crippen molar-refractivity contribution in [2.45, 2.75) is 6.42 Å². The number of hydrogen-bond acceptors (Lipinski definition) is 4. The second-order valence-corrected chi connectivity index (χ2v) is 2.85. The zero-order valence-electron chi connectivity index (χ0n) is 7.64. The third-order valence-corrected chi connectivity index (χ3v) is 1.84. The Kier molecular flexibility index (Phi) is 2.70. The molecule has 0 fully saturated rings.